The maximum atomic E-state index is 10.6. The standard InChI is InChI=1S/C11H20BN2O3/c1-3-5-17-13-10-7-14(12-8-15)9(4-2)6-11(10)16/h3,8-11,13,16H,1,4-7H2,2H3/t9-,10+,11+/m1/s1. The van der Waals surface area contributed by atoms with Gasteiger partial charge >= 0.3 is 0 Å². The Labute approximate surface area is 103 Å². The minimum Gasteiger partial charge on any atom is -0.391 e. The lowest BCUT2D eigenvalue weighted by Crippen LogP contribution is -2.58. The summed E-state index contributed by atoms with van der Waals surface area (Å²) in [6.45, 7) is 6.54. The third kappa shape index (κ3) is 4.24. The highest BCUT2D eigenvalue weighted by atomic mass is 16.6. The SMILES string of the molecule is C=CCON[C@H]1CN([B]C=O)[C@H](CC)C[C@@H]1O. The highest BCUT2D eigenvalue weighted by Gasteiger charge is 2.33. The number of hydroxylamine groups is 1. The molecule has 0 unspecified atom stereocenters. The largest absolute Gasteiger partial charge is 0.391 e. The van der Waals surface area contributed by atoms with E-state index in [2.05, 4.69) is 12.1 Å². The molecular weight excluding hydrogens is 219 g/mol. The van der Waals surface area contributed by atoms with Crippen molar-refractivity contribution in [1.82, 2.24) is 10.3 Å². The number of aliphatic hydroxyl groups excluding tert-OH is 1. The van der Waals surface area contributed by atoms with Crippen LogP contribution in [0.3, 0.4) is 0 Å². The normalized spacial score (nSPS) is 29.9. The lowest BCUT2D eigenvalue weighted by molar-refractivity contribution is -0.0426. The molecule has 0 bridgehead atoms. The van der Waals surface area contributed by atoms with E-state index in [0.29, 0.717) is 19.6 Å². The maximum absolute atomic E-state index is 10.6. The van der Waals surface area contributed by atoms with Crippen molar-refractivity contribution in [2.75, 3.05) is 13.2 Å². The Morgan fingerprint density at radius 2 is 2.47 bits per heavy atom. The van der Waals surface area contributed by atoms with E-state index in [9.17, 15) is 9.90 Å². The molecule has 1 fully saturated rings. The van der Waals surface area contributed by atoms with Gasteiger partial charge in [0.2, 0.25) is 0 Å². The van der Waals surface area contributed by atoms with Crippen LogP contribution in [0.4, 0.5) is 0 Å². The molecule has 2 N–H and O–H groups in total. The third-order valence-electron chi connectivity index (χ3n) is 3.01. The number of carbonyl (C=O) groups excluding carboxylic acids is 1. The fourth-order valence-electron chi connectivity index (χ4n) is 2.07. The molecule has 1 aliphatic heterocycles. The summed E-state index contributed by atoms with van der Waals surface area (Å²) >= 11 is 0. The zero-order valence-electron chi connectivity index (χ0n) is 10.2. The lowest BCUT2D eigenvalue weighted by Gasteiger charge is -2.41. The predicted molar refractivity (Wildman–Crippen MR) is 67.0 cm³/mol. The molecule has 0 saturated carbocycles. The summed E-state index contributed by atoms with van der Waals surface area (Å²) in [6, 6.07) is 0.0293. The van der Waals surface area contributed by atoms with Gasteiger partial charge in [0.1, 0.15) is 0 Å². The van der Waals surface area contributed by atoms with Crippen LogP contribution in [0.2, 0.25) is 0 Å². The summed E-state index contributed by atoms with van der Waals surface area (Å²) in [5.74, 6) is 0. The number of aliphatic hydroxyl groups is 1. The predicted octanol–water partition coefficient (Wildman–Crippen LogP) is -0.283. The molecule has 95 valence electrons. The Kier molecular flexibility index (Phi) is 6.43. The molecule has 1 rings (SSSR count). The summed E-state index contributed by atoms with van der Waals surface area (Å²) in [5, 5.41) is 9.96. The molecule has 0 spiro atoms. The van der Waals surface area contributed by atoms with Gasteiger partial charge < -0.3 is 14.7 Å². The van der Waals surface area contributed by atoms with Gasteiger partial charge in [-0.25, -0.2) is 0 Å². The first-order valence-corrected chi connectivity index (χ1v) is 5.93. The number of piperidine rings is 1. The molecule has 1 heterocycles. The second kappa shape index (κ2) is 7.60. The van der Waals surface area contributed by atoms with Gasteiger partial charge in [0.15, 0.2) is 0 Å². The Balaban J connectivity index is 2.49. The molecule has 1 radical (unpaired) electrons. The van der Waals surface area contributed by atoms with Gasteiger partial charge in [-0.05, 0) is 12.8 Å². The molecule has 0 aromatic rings. The van der Waals surface area contributed by atoms with Gasteiger partial charge in [0.25, 0.3) is 7.41 Å². The Hall–Kier alpha value is -0.685. The van der Waals surface area contributed by atoms with Gasteiger partial charge in [-0.2, -0.15) is 5.48 Å². The number of rotatable bonds is 7. The number of hydrogen-bond acceptors (Lipinski definition) is 5. The average molecular weight is 239 g/mol. The lowest BCUT2D eigenvalue weighted by atomic mass is 9.83. The Morgan fingerprint density at radius 3 is 3.06 bits per heavy atom. The molecule has 0 aromatic carbocycles. The maximum Gasteiger partial charge on any atom is 0.293 e. The zero-order valence-corrected chi connectivity index (χ0v) is 10.2. The van der Waals surface area contributed by atoms with Crippen molar-refractivity contribution in [1.29, 1.82) is 0 Å². The number of carbonyl (C=O) groups is 1. The summed E-state index contributed by atoms with van der Waals surface area (Å²) in [4.78, 5) is 17.6. The van der Waals surface area contributed by atoms with Gasteiger partial charge in [-0.1, -0.05) is 13.0 Å². The van der Waals surface area contributed by atoms with E-state index < -0.39 is 6.10 Å². The van der Waals surface area contributed by atoms with Crippen molar-refractivity contribution >= 4 is 13.6 Å². The van der Waals surface area contributed by atoms with E-state index in [1.807, 2.05) is 11.7 Å². The quantitative estimate of drug-likeness (QED) is 0.210. The number of nitrogens with one attached hydrogen (secondary N) is 1. The van der Waals surface area contributed by atoms with Crippen LogP contribution in [-0.2, 0) is 9.63 Å². The van der Waals surface area contributed by atoms with Crippen molar-refractivity contribution in [3.05, 3.63) is 12.7 Å². The van der Waals surface area contributed by atoms with E-state index >= 15 is 0 Å². The van der Waals surface area contributed by atoms with Crippen molar-refractivity contribution < 1.29 is 14.7 Å². The average Bonchev–Trinajstić information content (AvgIpc) is 2.33. The van der Waals surface area contributed by atoms with Crippen molar-refractivity contribution in [3.8, 4) is 0 Å². The van der Waals surface area contributed by atoms with Crippen LogP contribution in [0.5, 0.6) is 0 Å². The van der Waals surface area contributed by atoms with Crippen LogP contribution < -0.4 is 5.48 Å². The van der Waals surface area contributed by atoms with Crippen LogP contribution in [0.1, 0.15) is 19.8 Å². The third-order valence-corrected chi connectivity index (χ3v) is 3.01. The van der Waals surface area contributed by atoms with Crippen LogP contribution in [0.15, 0.2) is 12.7 Å². The van der Waals surface area contributed by atoms with Gasteiger partial charge in [0, 0.05) is 12.6 Å². The van der Waals surface area contributed by atoms with E-state index in [-0.39, 0.29) is 12.1 Å². The molecule has 0 aromatic heterocycles. The number of hydrogen-bond donors (Lipinski definition) is 2. The first-order valence-electron chi connectivity index (χ1n) is 5.93. The van der Waals surface area contributed by atoms with E-state index in [1.165, 1.54) is 7.41 Å². The molecule has 17 heavy (non-hydrogen) atoms. The highest BCUT2D eigenvalue weighted by Crippen LogP contribution is 2.19. The molecule has 0 aliphatic carbocycles. The van der Waals surface area contributed by atoms with E-state index in [0.717, 1.165) is 12.6 Å². The van der Waals surface area contributed by atoms with E-state index in [1.54, 1.807) is 6.08 Å². The minimum absolute atomic E-state index is 0.186. The summed E-state index contributed by atoms with van der Waals surface area (Å²) in [6.07, 6.45) is 3.49. The molecule has 0 amide bonds. The van der Waals surface area contributed by atoms with Gasteiger partial charge in [-0.15, -0.1) is 6.58 Å². The second-order valence-electron chi connectivity index (χ2n) is 4.17. The second-order valence-corrected chi connectivity index (χ2v) is 4.17. The molecular formula is C11H20BN2O3. The zero-order chi connectivity index (χ0) is 12.7. The minimum atomic E-state index is -0.457. The van der Waals surface area contributed by atoms with Crippen LogP contribution in [0.25, 0.3) is 0 Å². The van der Waals surface area contributed by atoms with Crippen LogP contribution in [0, 0.1) is 0 Å². The van der Waals surface area contributed by atoms with Crippen molar-refractivity contribution in [2.45, 2.75) is 38.0 Å². The van der Waals surface area contributed by atoms with Gasteiger partial charge in [-0.3, -0.25) is 4.84 Å². The summed E-state index contributed by atoms with van der Waals surface area (Å²) < 4.78 is 0. The summed E-state index contributed by atoms with van der Waals surface area (Å²) in [7, 11) is 1.53. The molecule has 6 heteroatoms. The summed E-state index contributed by atoms with van der Waals surface area (Å²) in [5.41, 5.74) is 2.81. The molecule has 1 aliphatic rings. The number of nitrogens with zero attached hydrogens (tertiary/aromatic N) is 1. The van der Waals surface area contributed by atoms with Crippen LogP contribution in [-0.4, -0.2) is 54.9 Å². The fraction of sp³-hybridized carbons (Fsp3) is 0.727. The smallest absolute Gasteiger partial charge is 0.293 e. The fourth-order valence-corrected chi connectivity index (χ4v) is 2.07. The van der Waals surface area contributed by atoms with Crippen molar-refractivity contribution in [3.63, 3.8) is 0 Å². The first kappa shape index (κ1) is 14.4. The first-order chi connectivity index (χ1) is 8.22. The topological polar surface area (TPSA) is 61.8 Å². The molecule has 3 atom stereocenters. The van der Waals surface area contributed by atoms with E-state index in [4.69, 9.17) is 4.84 Å². The van der Waals surface area contributed by atoms with Crippen LogP contribution >= 0.6 is 0 Å². The van der Waals surface area contributed by atoms with Gasteiger partial charge in [0.05, 0.1) is 24.9 Å². The Bertz CT molecular complexity index is 253. The Morgan fingerprint density at radius 1 is 1.71 bits per heavy atom. The monoisotopic (exact) mass is 239 g/mol. The highest BCUT2D eigenvalue weighted by molar-refractivity contribution is 6.64. The molecule has 5 nitrogen and oxygen atoms in total. The van der Waals surface area contributed by atoms with Crippen molar-refractivity contribution in [2.24, 2.45) is 0 Å². The molecule has 1 saturated heterocycles.